The highest BCUT2D eigenvalue weighted by Gasteiger charge is 2.17. The van der Waals surface area contributed by atoms with Crippen molar-refractivity contribution in [1.29, 1.82) is 0 Å². The van der Waals surface area contributed by atoms with Crippen LogP contribution in [0.2, 0.25) is 5.02 Å². The van der Waals surface area contributed by atoms with Gasteiger partial charge in [-0.15, -0.1) is 0 Å². The molecule has 18 heavy (non-hydrogen) atoms. The predicted octanol–water partition coefficient (Wildman–Crippen LogP) is 2.83. The molecule has 1 aromatic carbocycles. The van der Waals surface area contributed by atoms with E-state index >= 15 is 0 Å². The van der Waals surface area contributed by atoms with Gasteiger partial charge >= 0.3 is 5.97 Å². The van der Waals surface area contributed by atoms with Crippen LogP contribution in [0.1, 0.15) is 6.92 Å². The standard InChI is InChI=1S/C13H12ClNO3/c1-8(13(16)17-2)18-11-6-5-10(14)9-4-3-7-15-12(9)11/h3-8H,1-2H3/t8-/m1/s1. The molecule has 0 aliphatic carbocycles. The first kappa shape index (κ1) is 12.6. The van der Waals surface area contributed by atoms with Gasteiger partial charge < -0.3 is 9.47 Å². The monoisotopic (exact) mass is 265 g/mol. The number of aromatic nitrogens is 1. The summed E-state index contributed by atoms with van der Waals surface area (Å²) in [4.78, 5) is 15.5. The second-order valence-corrected chi connectivity index (χ2v) is 4.14. The van der Waals surface area contributed by atoms with Gasteiger partial charge in [0.15, 0.2) is 6.10 Å². The van der Waals surface area contributed by atoms with E-state index in [4.69, 9.17) is 16.3 Å². The maximum absolute atomic E-state index is 11.3. The van der Waals surface area contributed by atoms with Gasteiger partial charge in [0.25, 0.3) is 0 Å². The number of benzene rings is 1. The van der Waals surface area contributed by atoms with Crippen molar-refractivity contribution in [3.05, 3.63) is 35.5 Å². The minimum Gasteiger partial charge on any atom is -0.477 e. The molecule has 0 bridgehead atoms. The fourth-order valence-corrected chi connectivity index (χ4v) is 1.83. The summed E-state index contributed by atoms with van der Waals surface area (Å²) in [7, 11) is 1.32. The minimum absolute atomic E-state index is 0.436. The molecule has 0 spiro atoms. The van der Waals surface area contributed by atoms with Gasteiger partial charge in [-0.2, -0.15) is 0 Å². The molecular formula is C13H12ClNO3. The van der Waals surface area contributed by atoms with Crippen molar-refractivity contribution in [2.75, 3.05) is 7.11 Å². The second-order valence-electron chi connectivity index (χ2n) is 3.73. The Hall–Kier alpha value is -1.81. The number of ether oxygens (including phenoxy) is 2. The Balaban J connectivity index is 2.40. The maximum Gasteiger partial charge on any atom is 0.346 e. The lowest BCUT2D eigenvalue weighted by molar-refractivity contribution is -0.147. The Kier molecular flexibility index (Phi) is 3.67. The first-order valence-corrected chi connectivity index (χ1v) is 5.79. The van der Waals surface area contributed by atoms with Crippen molar-refractivity contribution >= 4 is 28.5 Å². The highest BCUT2D eigenvalue weighted by atomic mass is 35.5. The van der Waals surface area contributed by atoms with E-state index in [1.807, 2.05) is 6.07 Å². The first-order valence-electron chi connectivity index (χ1n) is 5.41. The largest absolute Gasteiger partial charge is 0.477 e. The van der Waals surface area contributed by atoms with Crippen LogP contribution in [0.15, 0.2) is 30.5 Å². The molecule has 0 aliphatic heterocycles. The van der Waals surface area contributed by atoms with Crippen LogP contribution in [0.3, 0.4) is 0 Å². The van der Waals surface area contributed by atoms with Crippen molar-refractivity contribution in [2.24, 2.45) is 0 Å². The zero-order chi connectivity index (χ0) is 13.1. The molecule has 0 saturated heterocycles. The van der Waals surface area contributed by atoms with Crippen LogP contribution < -0.4 is 4.74 Å². The number of nitrogens with zero attached hydrogens (tertiary/aromatic N) is 1. The lowest BCUT2D eigenvalue weighted by atomic mass is 10.2. The minimum atomic E-state index is -0.693. The van der Waals surface area contributed by atoms with Crippen LogP contribution in [-0.4, -0.2) is 24.2 Å². The van der Waals surface area contributed by atoms with E-state index in [2.05, 4.69) is 9.72 Å². The smallest absolute Gasteiger partial charge is 0.346 e. The SMILES string of the molecule is COC(=O)[C@@H](C)Oc1ccc(Cl)c2cccnc12. The van der Waals surface area contributed by atoms with Crippen LogP contribution in [0.4, 0.5) is 0 Å². The summed E-state index contributed by atoms with van der Waals surface area (Å²) in [6, 6.07) is 7.05. The lowest BCUT2D eigenvalue weighted by Crippen LogP contribution is -2.25. The molecule has 1 atom stereocenters. The second kappa shape index (κ2) is 5.23. The van der Waals surface area contributed by atoms with Crippen LogP contribution in [-0.2, 0) is 9.53 Å². The third-order valence-corrected chi connectivity index (χ3v) is 2.85. The number of carbonyl (C=O) groups excluding carboxylic acids is 1. The summed E-state index contributed by atoms with van der Waals surface area (Å²) in [5.41, 5.74) is 0.626. The molecule has 0 saturated carbocycles. The maximum atomic E-state index is 11.3. The van der Waals surface area contributed by atoms with Crippen molar-refractivity contribution in [2.45, 2.75) is 13.0 Å². The molecule has 5 heteroatoms. The summed E-state index contributed by atoms with van der Waals surface area (Å²) in [5, 5.41) is 1.38. The highest BCUT2D eigenvalue weighted by Crippen LogP contribution is 2.30. The summed E-state index contributed by atoms with van der Waals surface area (Å²) in [5.74, 6) is 0.0712. The van der Waals surface area contributed by atoms with Gasteiger partial charge in [-0.1, -0.05) is 11.6 Å². The molecule has 1 aromatic heterocycles. The third-order valence-electron chi connectivity index (χ3n) is 2.52. The molecule has 0 radical (unpaired) electrons. The Morgan fingerprint density at radius 3 is 2.89 bits per heavy atom. The van der Waals surface area contributed by atoms with E-state index in [0.29, 0.717) is 16.3 Å². The normalized spacial score (nSPS) is 12.2. The first-order chi connectivity index (χ1) is 8.63. The van der Waals surface area contributed by atoms with Crippen molar-refractivity contribution in [1.82, 2.24) is 4.98 Å². The Morgan fingerprint density at radius 1 is 1.39 bits per heavy atom. The van der Waals surface area contributed by atoms with Crippen LogP contribution in [0, 0.1) is 0 Å². The Morgan fingerprint density at radius 2 is 2.17 bits per heavy atom. The van der Waals surface area contributed by atoms with Crippen LogP contribution in [0.5, 0.6) is 5.75 Å². The van der Waals surface area contributed by atoms with Gasteiger partial charge in [0.05, 0.1) is 12.1 Å². The van der Waals surface area contributed by atoms with E-state index in [9.17, 15) is 4.79 Å². The molecule has 94 valence electrons. The summed E-state index contributed by atoms with van der Waals surface area (Å²) in [6.07, 6.45) is 0.954. The molecule has 2 rings (SSSR count). The molecule has 4 nitrogen and oxygen atoms in total. The molecular weight excluding hydrogens is 254 g/mol. The molecule has 0 aliphatic rings. The van der Waals surface area contributed by atoms with Crippen LogP contribution in [0.25, 0.3) is 10.9 Å². The summed E-state index contributed by atoms with van der Waals surface area (Å²) in [6.45, 7) is 1.62. The molecule has 0 N–H and O–H groups in total. The topological polar surface area (TPSA) is 48.4 Å². The van der Waals surface area contributed by atoms with E-state index < -0.39 is 12.1 Å². The van der Waals surface area contributed by atoms with E-state index in [1.54, 1.807) is 31.3 Å². The van der Waals surface area contributed by atoms with Crippen molar-refractivity contribution in [3.8, 4) is 5.75 Å². The Labute approximate surface area is 109 Å². The van der Waals surface area contributed by atoms with Crippen molar-refractivity contribution in [3.63, 3.8) is 0 Å². The average Bonchev–Trinajstić information content (AvgIpc) is 2.41. The number of hydrogen-bond acceptors (Lipinski definition) is 4. The van der Waals surface area contributed by atoms with Crippen molar-refractivity contribution < 1.29 is 14.3 Å². The number of halogens is 1. The average molecular weight is 266 g/mol. The number of methoxy groups -OCH3 is 1. The third kappa shape index (κ3) is 2.38. The number of fused-ring (bicyclic) bond motifs is 1. The molecule has 1 heterocycles. The van der Waals surface area contributed by atoms with Gasteiger partial charge in [0.1, 0.15) is 11.3 Å². The van der Waals surface area contributed by atoms with E-state index in [1.165, 1.54) is 7.11 Å². The number of esters is 1. The number of rotatable bonds is 3. The fourth-order valence-electron chi connectivity index (χ4n) is 1.61. The van der Waals surface area contributed by atoms with Gasteiger partial charge in [0.2, 0.25) is 0 Å². The van der Waals surface area contributed by atoms with Gasteiger partial charge in [-0.3, -0.25) is 4.98 Å². The number of pyridine rings is 1. The van der Waals surface area contributed by atoms with Gasteiger partial charge in [-0.05, 0) is 31.2 Å². The zero-order valence-electron chi connectivity index (χ0n) is 10.0. The van der Waals surface area contributed by atoms with Crippen LogP contribution >= 0.6 is 11.6 Å². The molecule has 0 unspecified atom stereocenters. The number of carbonyl (C=O) groups is 1. The van der Waals surface area contributed by atoms with Gasteiger partial charge in [0, 0.05) is 11.6 Å². The van der Waals surface area contributed by atoms with E-state index in [0.717, 1.165) is 5.39 Å². The van der Waals surface area contributed by atoms with E-state index in [-0.39, 0.29) is 0 Å². The highest BCUT2D eigenvalue weighted by molar-refractivity contribution is 6.35. The molecule has 2 aromatic rings. The molecule has 0 amide bonds. The van der Waals surface area contributed by atoms with Gasteiger partial charge in [-0.25, -0.2) is 4.79 Å². The molecule has 0 fully saturated rings. The number of hydrogen-bond donors (Lipinski definition) is 0. The predicted molar refractivity (Wildman–Crippen MR) is 68.9 cm³/mol. The summed E-state index contributed by atoms with van der Waals surface area (Å²) >= 11 is 6.07. The lowest BCUT2D eigenvalue weighted by Gasteiger charge is -2.14. The Bertz CT molecular complexity index is 585. The summed E-state index contributed by atoms with van der Waals surface area (Å²) < 4.78 is 10.1. The quantitative estimate of drug-likeness (QED) is 0.801. The fraction of sp³-hybridized carbons (Fsp3) is 0.231. The zero-order valence-corrected chi connectivity index (χ0v) is 10.8.